The van der Waals surface area contributed by atoms with Gasteiger partial charge in [-0.1, -0.05) is 0 Å². The molecule has 2 unspecified atom stereocenters. The van der Waals surface area contributed by atoms with Crippen molar-refractivity contribution in [1.82, 2.24) is 19.5 Å². The van der Waals surface area contributed by atoms with E-state index < -0.39 is 42.0 Å². The number of rotatable bonds is 3. The number of anilines is 1. The first-order valence-electron chi connectivity index (χ1n) is 9.37. The zero-order valence-corrected chi connectivity index (χ0v) is 16.9. The Bertz CT molecular complexity index is 923. The van der Waals surface area contributed by atoms with E-state index in [4.69, 9.17) is 18.9 Å². The highest BCUT2D eigenvalue weighted by molar-refractivity contribution is 5.93. The number of hydrogen-bond donors (Lipinski definition) is 2. The molecular weight excluding hydrogens is 382 g/mol. The Morgan fingerprint density at radius 1 is 1.28 bits per heavy atom. The molecule has 2 aliphatic heterocycles. The number of nitrogens with zero attached hydrogens (tertiary/aromatic N) is 4. The minimum atomic E-state index is -0.792. The van der Waals surface area contributed by atoms with Crippen molar-refractivity contribution < 1.29 is 28.8 Å². The molecule has 4 atom stereocenters. The first-order valence-corrected chi connectivity index (χ1v) is 9.37. The van der Waals surface area contributed by atoms with Crippen LogP contribution in [0.15, 0.2) is 12.7 Å². The summed E-state index contributed by atoms with van der Waals surface area (Å²) in [5.41, 5.74) is 0.180. The zero-order chi connectivity index (χ0) is 21.0. The van der Waals surface area contributed by atoms with Crippen molar-refractivity contribution in [2.75, 3.05) is 11.9 Å². The van der Waals surface area contributed by atoms with Crippen LogP contribution in [-0.4, -0.2) is 67.0 Å². The first-order chi connectivity index (χ1) is 13.6. The summed E-state index contributed by atoms with van der Waals surface area (Å²) < 4.78 is 24.8. The largest absolute Gasteiger partial charge is 0.444 e. The number of nitrogens with one attached hydrogen (secondary N) is 1. The maximum Gasteiger partial charge on any atom is 0.413 e. The van der Waals surface area contributed by atoms with Crippen LogP contribution in [0.4, 0.5) is 10.6 Å². The average molecular weight is 407 g/mol. The third kappa shape index (κ3) is 3.78. The summed E-state index contributed by atoms with van der Waals surface area (Å²) >= 11 is 0. The Hall–Kier alpha value is -2.34. The fraction of sp³-hybridized carbons (Fsp3) is 0.667. The monoisotopic (exact) mass is 407 g/mol. The predicted molar refractivity (Wildman–Crippen MR) is 100 cm³/mol. The summed E-state index contributed by atoms with van der Waals surface area (Å²) in [6.07, 6.45) is 0.211. The first kappa shape index (κ1) is 20.0. The van der Waals surface area contributed by atoms with Crippen LogP contribution < -0.4 is 5.32 Å². The molecule has 29 heavy (non-hydrogen) atoms. The van der Waals surface area contributed by atoms with Gasteiger partial charge in [0, 0.05) is 0 Å². The van der Waals surface area contributed by atoms with Crippen molar-refractivity contribution in [2.24, 2.45) is 0 Å². The lowest BCUT2D eigenvalue weighted by molar-refractivity contribution is -0.199. The van der Waals surface area contributed by atoms with Crippen LogP contribution in [-0.2, 0) is 18.9 Å². The van der Waals surface area contributed by atoms with Gasteiger partial charge in [-0.25, -0.2) is 19.7 Å². The van der Waals surface area contributed by atoms with Gasteiger partial charge in [0.2, 0.25) is 0 Å². The van der Waals surface area contributed by atoms with Crippen LogP contribution in [0.25, 0.3) is 11.2 Å². The van der Waals surface area contributed by atoms with E-state index in [0.717, 1.165) is 0 Å². The summed E-state index contributed by atoms with van der Waals surface area (Å²) in [4.78, 5) is 24.9. The molecular formula is C18H25N5O6. The van der Waals surface area contributed by atoms with Crippen molar-refractivity contribution in [2.45, 2.75) is 70.5 Å². The van der Waals surface area contributed by atoms with E-state index in [2.05, 4.69) is 20.3 Å². The molecule has 1 amide bonds. The predicted octanol–water partition coefficient (Wildman–Crippen LogP) is 1.58. The Morgan fingerprint density at radius 3 is 2.69 bits per heavy atom. The maximum atomic E-state index is 12.1. The molecule has 11 heteroatoms. The Balaban J connectivity index is 1.64. The molecule has 158 valence electrons. The molecule has 0 aliphatic carbocycles. The zero-order valence-electron chi connectivity index (χ0n) is 16.9. The van der Waals surface area contributed by atoms with E-state index >= 15 is 0 Å². The molecule has 0 saturated carbocycles. The summed E-state index contributed by atoms with van der Waals surface area (Å²) in [5.74, 6) is -0.570. The minimum Gasteiger partial charge on any atom is -0.444 e. The molecule has 11 nitrogen and oxygen atoms in total. The smallest absolute Gasteiger partial charge is 0.413 e. The van der Waals surface area contributed by atoms with E-state index in [1.807, 2.05) is 13.8 Å². The van der Waals surface area contributed by atoms with Gasteiger partial charge in [-0.2, -0.15) is 0 Å². The molecule has 2 fully saturated rings. The second kappa shape index (κ2) is 6.87. The van der Waals surface area contributed by atoms with E-state index in [1.165, 1.54) is 12.7 Å². The normalized spacial score (nSPS) is 28.5. The highest BCUT2D eigenvalue weighted by atomic mass is 16.8. The summed E-state index contributed by atoms with van der Waals surface area (Å²) in [6.45, 7) is 8.74. The number of aliphatic hydroxyl groups excluding tert-OH is 1. The van der Waals surface area contributed by atoms with E-state index in [0.29, 0.717) is 11.2 Å². The van der Waals surface area contributed by atoms with Crippen molar-refractivity contribution in [3.05, 3.63) is 12.7 Å². The number of carbonyl (C=O) groups excluding carboxylic acids is 1. The van der Waals surface area contributed by atoms with Crippen molar-refractivity contribution in [3.63, 3.8) is 0 Å². The molecule has 4 heterocycles. The van der Waals surface area contributed by atoms with Crippen LogP contribution in [0.5, 0.6) is 0 Å². The second-order valence-electron chi connectivity index (χ2n) is 8.49. The Morgan fingerprint density at radius 2 is 2.00 bits per heavy atom. The minimum absolute atomic E-state index is 0.204. The fourth-order valence-corrected chi connectivity index (χ4v) is 3.56. The van der Waals surface area contributed by atoms with Gasteiger partial charge in [0.05, 0.1) is 12.9 Å². The fourth-order valence-electron chi connectivity index (χ4n) is 3.56. The van der Waals surface area contributed by atoms with Crippen molar-refractivity contribution in [1.29, 1.82) is 0 Å². The summed E-state index contributed by atoms with van der Waals surface area (Å²) in [7, 11) is 0. The third-order valence-corrected chi connectivity index (χ3v) is 4.56. The lowest BCUT2D eigenvalue weighted by atomic mass is 10.1. The highest BCUT2D eigenvalue weighted by Gasteiger charge is 2.56. The van der Waals surface area contributed by atoms with Crippen LogP contribution >= 0.6 is 0 Å². The number of ether oxygens (including phenoxy) is 4. The highest BCUT2D eigenvalue weighted by Crippen LogP contribution is 2.43. The second-order valence-corrected chi connectivity index (χ2v) is 8.49. The van der Waals surface area contributed by atoms with Gasteiger partial charge >= 0.3 is 6.09 Å². The van der Waals surface area contributed by atoms with Gasteiger partial charge < -0.3 is 24.1 Å². The number of amides is 1. The topological polar surface area (TPSA) is 130 Å². The molecule has 0 bridgehead atoms. The molecule has 2 aromatic heterocycles. The Labute approximate surface area is 167 Å². The van der Waals surface area contributed by atoms with Crippen molar-refractivity contribution >= 4 is 23.1 Å². The number of fused-ring (bicyclic) bond motifs is 2. The molecule has 2 aliphatic rings. The van der Waals surface area contributed by atoms with Gasteiger partial charge in [-0.3, -0.25) is 9.88 Å². The lowest BCUT2D eigenvalue weighted by Crippen LogP contribution is -2.31. The molecule has 2 saturated heterocycles. The van der Waals surface area contributed by atoms with E-state index in [-0.39, 0.29) is 12.4 Å². The van der Waals surface area contributed by atoms with Crippen LogP contribution in [0.3, 0.4) is 0 Å². The molecule has 2 aromatic rings. The van der Waals surface area contributed by atoms with E-state index in [1.54, 1.807) is 25.3 Å². The molecule has 0 aromatic carbocycles. The third-order valence-electron chi connectivity index (χ3n) is 4.56. The summed E-state index contributed by atoms with van der Waals surface area (Å²) in [6, 6.07) is 0. The quantitative estimate of drug-likeness (QED) is 0.779. The lowest BCUT2D eigenvalue weighted by Gasteiger charge is -2.24. The van der Waals surface area contributed by atoms with Gasteiger partial charge in [-0.05, 0) is 34.6 Å². The summed E-state index contributed by atoms with van der Waals surface area (Å²) in [5, 5.41) is 12.3. The molecule has 0 spiro atoms. The molecule has 2 N–H and O–H groups in total. The Kier molecular flexibility index (Phi) is 4.73. The van der Waals surface area contributed by atoms with Gasteiger partial charge in [0.25, 0.3) is 0 Å². The number of aromatic nitrogens is 4. The number of hydrogen-bond acceptors (Lipinski definition) is 9. The van der Waals surface area contributed by atoms with Crippen LogP contribution in [0, 0.1) is 0 Å². The maximum absolute atomic E-state index is 12.1. The number of imidazole rings is 1. The van der Waals surface area contributed by atoms with Gasteiger partial charge in [-0.15, -0.1) is 0 Å². The molecule has 0 radical (unpaired) electrons. The standard InChI is InChI=1S/C18H25N5O6/c1-17(2,3)29-16(25)22-13-10-14(20-7-19-13)23(8-21-10)15-12-11(9(6-24)26-15)27-18(4,5)28-12/h7-9,11-12,15,24H,6H2,1-5H3,(H,19,20,22,25)/t9-,11?,12?,15-/m0/s1. The number of aliphatic hydroxyl groups is 1. The average Bonchev–Trinajstić information content (AvgIpc) is 3.24. The van der Waals surface area contributed by atoms with E-state index in [9.17, 15) is 9.90 Å². The van der Waals surface area contributed by atoms with Crippen LogP contribution in [0.2, 0.25) is 0 Å². The van der Waals surface area contributed by atoms with Gasteiger partial charge in [0.1, 0.15) is 30.2 Å². The molecule has 4 rings (SSSR count). The van der Waals surface area contributed by atoms with Gasteiger partial charge in [0.15, 0.2) is 29.0 Å². The number of carbonyl (C=O) groups is 1. The SMILES string of the molecule is CC(C)(C)OC(=O)Nc1ncnc2c1ncn2[C@H]1O[C@@H](CO)C2OC(C)(C)OC21. The van der Waals surface area contributed by atoms with Crippen molar-refractivity contribution in [3.8, 4) is 0 Å². The van der Waals surface area contributed by atoms with Crippen LogP contribution in [0.1, 0.15) is 40.8 Å².